The lowest BCUT2D eigenvalue weighted by Crippen LogP contribution is -2.22. The van der Waals surface area contributed by atoms with Crippen molar-refractivity contribution in [1.29, 1.82) is 0 Å². The van der Waals surface area contributed by atoms with Gasteiger partial charge < -0.3 is 0 Å². The van der Waals surface area contributed by atoms with E-state index in [1.165, 1.54) is 72.8 Å². The first kappa shape index (κ1) is 28.2. The highest BCUT2D eigenvalue weighted by atomic mass is 19.4. The van der Waals surface area contributed by atoms with Gasteiger partial charge in [0.1, 0.15) is 0 Å². The summed E-state index contributed by atoms with van der Waals surface area (Å²) in [5.41, 5.74) is -1.27. The van der Waals surface area contributed by atoms with Gasteiger partial charge in [0.25, 0.3) is 0 Å². The average Bonchev–Trinajstić information content (AvgIpc) is 3.68. The number of nitrogens with zero attached hydrogens (tertiary/aromatic N) is 9. The van der Waals surface area contributed by atoms with E-state index in [4.69, 9.17) is 0 Å². The monoisotopic (exact) mass is 633 g/mol. The fourth-order valence-electron chi connectivity index (χ4n) is 4.90. The Morgan fingerprint density at radius 1 is 0.356 bits per heavy atom. The Morgan fingerprint density at radius 3 is 0.844 bits per heavy atom. The predicted molar refractivity (Wildman–Crippen MR) is 139 cm³/mol. The van der Waals surface area contributed by atoms with Gasteiger partial charge in [0, 0.05) is 0 Å². The first-order valence-electron chi connectivity index (χ1n) is 12.6. The van der Waals surface area contributed by atoms with Crippen LogP contribution in [0.3, 0.4) is 0 Å². The number of imidazole rings is 3. The van der Waals surface area contributed by atoms with Crippen LogP contribution in [0, 0.1) is 0 Å². The highest BCUT2D eigenvalue weighted by Crippen LogP contribution is 2.37. The number of alkyl halides is 9. The van der Waals surface area contributed by atoms with E-state index in [1.807, 2.05) is 0 Å². The van der Waals surface area contributed by atoms with Crippen LogP contribution in [0.1, 0.15) is 17.5 Å². The molecule has 0 fully saturated rings. The predicted octanol–water partition coefficient (Wildman–Crippen LogP) is 6.94. The van der Waals surface area contributed by atoms with Gasteiger partial charge in [-0.25, -0.2) is 15.0 Å². The zero-order valence-electron chi connectivity index (χ0n) is 21.9. The van der Waals surface area contributed by atoms with E-state index in [1.54, 1.807) is 0 Å². The number of hydrogen-bond acceptors (Lipinski definition) is 6. The van der Waals surface area contributed by atoms with Crippen LogP contribution in [-0.2, 0) is 18.5 Å². The Labute approximate surface area is 243 Å². The lowest BCUT2D eigenvalue weighted by atomic mass is 10.3. The molecule has 18 heteroatoms. The highest BCUT2D eigenvalue weighted by molar-refractivity contribution is 5.80. The summed E-state index contributed by atoms with van der Waals surface area (Å²) >= 11 is 0. The fraction of sp³-hybridized carbons (Fsp3) is 0.111. The van der Waals surface area contributed by atoms with Crippen molar-refractivity contribution in [3.8, 4) is 17.8 Å². The van der Waals surface area contributed by atoms with Gasteiger partial charge in [-0.1, -0.05) is 36.4 Å². The molecule has 0 radical (unpaired) electrons. The van der Waals surface area contributed by atoms with Crippen molar-refractivity contribution in [2.24, 2.45) is 0 Å². The normalized spacial score (nSPS) is 13.0. The summed E-state index contributed by atoms with van der Waals surface area (Å²) in [7, 11) is 0. The average molecular weight is 633 g/mol. The molecule has 0 saturated heterocycles. The minimum Gasteiger partial charge on any atom is -0.256 e. The minimum absolute atomic E-state index is 0.193. The molecule has 0 spiro atoms. The maximum atomic E-state index is 14.3. The molecule has 4 aromatic heterocycles. The van der Waals surface area contributed by atoms with Crippen molar-refractivity contribution in [3.05, 3.63) is 90.3 Å². The van der Waals surface area contributed by atoms with Crippen molar-refractivity contribution in [1.82, 2.24) is 43.6 Å². The third-order valence-electron chi connectivity index (χ3n) is 6.64. The van der Waals surface area contributed by atoms with Crippen LogP contribution in [0.15, 0.2) is 72.8 Å². The van der Waals surface area contributed by atoms with E-state index >= 15 is 0 Å². The molecule has 0 aliphatic heterocycles. The Kier molecular flexibility index (Phi) is 5.94. The Hall–Kier alpha value is -5.55. The molecule has 3 aromatic carbocycles. The Morgan fingerprint density at radius 2 is 0.600 bits per heavy atom. The third kappa shape index (κ3) is 4.59. The number of benzene rings is 3. The molecule has 0 unspecified atom stereocenters. The molecule has 0 bridgehead atoms. The van der Waals surface area contributed by atoms with Gasteiger partial charge in [0.05, 0.1) is 33.1 Å². The summed E-state index contributed by atoms with van der Waals surface area (Å²) < 4.78 is 130. The van der Waals surface area contributed by atoms with Crippen LogP contribution < -0.4 is 0 Å². The largest absolute Gasteiger partial charge is 0.450 e. The van der Waals surface area contributed by atoms with Gasteiger partial charge in [0.2, 0.25) is 35.3 Å². The molecule has 0 saturated carbocycles. The number of hydrogen-bond donors (Lipinski definition) is 0. The molecule has 7 aromatic rings. The van der Waals surface area contributed by atoms with Crippen LogP contribution >= 0.6 is 0 Å². The quantitative estimate of drug-likeness (QED) is 0.196. The van der Waals surface area contributed by atoms with Crippen molar-refractivity contribution >= 4 is 33.1 Å². The maximum Gasteiger partial charge on any atom is 0.450 e. The van der Waals surface area contributed by atoms with Gasteiger partial charge in [0.15, 0.2) is 0 Å². The summed E-state index contributed by atoms with van der Waals surface area (Å²) in [5, 5.41) is 0. The van der Waals surface area contributed by atoms with Crippen LogP contribution in [-0.4, -0.2) is 43.6 Å². The smallest absolute Gasteiger partial charge is 0.256 e. The molecule has 228 valence electrons. The van der Waals surface area contributed by atoms with Crippen molar-refractivity contribution in [3.63, 3.8) is 0 Å². The molecule has 45 heavy (non-hydrogen) atoms. The van der Waals surface area contributed by atoms with Gasteiger partial charge in [-0.3, -0.25) is 13.7 Å². The van der Waals surface area contributed by atoms with E-state index in [2.05, 4.69) is 29.9 Å². The fourth-order valence-corrected chi connectivity index (χ4v) is 4.90. The van der Waals surface area contributed by atoms with E-state index < -0.39 is 53.8 Å². The van der Waals surface area contributed by atoms with Gasteiger partial charge in [-0.05, 0) is 36.4 Å². The van der Waals surface area contributed by atoms with Crippen molar-refractivity contribution in [2.75, 3.05) is 0 Å². The molecule has 0 amide bonds. The van der Waals surface area contributed by atoms with E-state index in [0.29, 0.717) is 13.7 Å². The second kappa shape index (κ2) is 9.47. The Balaban J connectivity index is 1.65. The Bertz CT molecular complexity index is 1990. The lowest BCUT2D eigenvalue weighted by Gasteiger charge is -2.16. The van der Waals surface area contributed by atoms with E-state index in [9.17, 15) is 39.5 Å². The number of halogens is 9. The molecule has 4 heterocycles. The van der Waals surface area contributed by atoms with E-state index in [-0.39, 0.29) is 33.1 Å². The van der Waals surface area contributed by atoms with Gasteiger partial charge in [-0.2, -0.15) is 54.5 Å². The first-order valence-corrected chi connectivity index (χ1v) is 12.6. The van der Waals surface area contributed by atoms with Crippen molar-refractivity contribution < 1.29 is 39.5 Å². The van der Waals surface area contributed by atoms with Crippen LogP contribution in [0.4, 0.5) is 39.5 Å². The SMILES string of the molecule is FC(F)(F)c1nc2ccccc2n1-c1nc(-n2c(C(F)(F)F)nc3ccccc32)nc(-n2c(C(F)(F)F)nc3ccccc32)n1. The summed E-state index contributed by atoms with van der Waals surface area (Å²) in [6, 6.07) is 15.6. The second-order valence-electron chi connectivity index (χ2n) is 9.51. The first-order chi connectivity index (χ1) is 21.2. The van der Waals surface area contributed by atoms with Crippen LogP contribution in [0.25, 0.3) is 50.9 Å². The molecular weight excluding hydrogens is 621 g/mol. The molecule has 0 aliphatic carbocycles. The zero-order chi connectivity index (χ0) is 31.9. The molecule has 0 atom stereocenters. The minimum atomic E-state index is -5.15. The molecule has 7 rings (SSSR count). The summed E-state index contributed by atoms with van der Waals surface area (Å²) in [4.78, 5) is 22.7. The molecule has 9 nitrogen and oxygen atoms in total. The van der Waals surface area contributed by atoms with Crippen LogP contribution in [0.2, 0.25) is 0 Å². The molecule has 0 aliphatic rings. The second-order valence-corrected chi connectivity index (χ2v) is 9.51. The van der Waals surface area contributed by atoms with Crippen LogP contribution in [0.5, 0.6) is 0 Å². The maximum absolute atomic E-state index is 14.3. The van der Waals surface area contributed by atoms with Crippen molar-refractivity contribution in [2.45, 2.75) is 18.5 Å². The van der Waals surface area contributed by atoms with Gasteiger partial charge >= 0.3 is 18.5 Å². The topological polar surface area (TPSA) is 92.1 Å². The standard InChI is InChI=1S/C27H12F9N9/c28-25(29,30)19-37-13-7-1-4-10-16(13)43(19)22-40-23(44-17-11-5-2-8-14(17)38-20(44)26(31,32)33)42-24(41-22)45-18-12-6-3-9-15(18)39-21(45)27(34,35)36/h1-12H. The summed E-state index contributed by atoms with van der Waals surface area (Å²) in [6.07, 6.45) is -15.4. The number of aromatic nitrogens is 9. The van der Waals surface area contributed by atoms with Gasteiger partial charge in [-0.15, -0.1) is 0 Å². The highest BCUT2D eigenvalue weighted by Gasteiger charge is 2.42. The number of rotatable bonds is 3. The summed E-state index contributed by atoms with van der Waals surface area (Å²) in [6.45, 7) is 0. The molecule has 0 N–H and O–H groups in total. The number of para-hydroxylation sites is 6. The van der Waals surface area contributed by atoms with E-state index in [0.717, 1.165) is 0 Å². The molecular formula is C27H12F9N9. The number of fused-ring (bicyclic) bond motifs is 3. The third-order valence-corrected chi connectivity index (χ3v) is 6.64. The lowest BCUT2D eigenvalue weighted by molar-refractivity contribution is -0.146. The zero-order valence-corrected chi connectivity index (χ0v) is 21.9. The summed E-state index contributed by atoms with van der Waals surface area (Å²) in [5.74, 6) is -7.63.